The summed E-state index contributed by atoms with van der Waals surface area (Å²) >= 11 is 1.56. The maximum absolute atomic E-state index is 13.8. The van der Waals surface area contributed by atoms with Crippen molar-refractivity contribution in [1.82, 2.24) is 9.62 Å². The van der Waals surface area contributed by atoms with Gasteiger partial charge in [-0.3, -0.25) is 0 Å². The number of halogens is 1. The molecule has 1 aromatic carbocycles. The van der Waals surface area contributed by atoms with Crippen LogP contribution in [-0.2, 0) is 10.0 Å². The monoisotopic (exact) mass is 342 g/mol. The Labute approximate surface area is 134 Å². The number of rotatable bonds is 6. The van der Waals surface area contributed by atoms with Crippen molar-refractivity contribution < 1.29 is 12.8 Å². The quantitative estimate of drug-likeness (QED) is 0.878. The Hall–Kier alpha value is -1.28. The molecular formula is C15H19FN2O2S2. The van der Waals surface area contributed by atoms with Crippen LogP contribution in [0.4, 0.5) is 4.39 Å². The van der Waals surface area contributed by atoms with Crippen LogP contribution < -0.4 is 4.72 Å². The molecular weight excluding hydrogens is 323 g/mol. The Morgan fingerprint density at radius 2 is 2.05 bits per heavy atom. The molecule has 7 heteroatoms. The van der Waals surface area contributed by atoms with Crippen LogP contribution in [0.15, 0.2) is 39.9 Å². The van der Waals surface area contributed by atoms with E-state index < -0.39 is 15.8 Å². The number of benzene rings is 1. The van der Waals surface area contributed by atoms with Crippen LogP contribution in [-0.4, -0.2) is 34.0 Å². The molecule has 0 aliphatic rings. The first kappa shape index (κ1) is 17.1. The van der Waals surface area contributed by atoms with Crippen LogP contribution >= 0.6 is 11.3 Å². The second-order valence-electron chi connectivity index (χ2n) is 5.32. The van der Waals surface area contributed by atoms with Crippen molar-refractivity contribution in [2.45, 2.75) is 17.9 Å². The highest BCUT2D eigenvalue weighted by Gasteiger charge is 2.22. The molecule has 120 valence electrons. The third-order valence-electron chi connectivity index (χ3n) is 3.39. The topological polar surface area (TPSA) is 49.4 Å². The molecule has 0 aliphatic heterocycles. The van der Waals surface area contributed by atoms with Gasteiger partial charge in [-0.25, -0.2) is 17.5 Å². The largest absolute Gasteiger partial charge is 0.301 e. The van der Waals surface area contributed by atoms with E-state index in [0.717, 1.165) is 5.56 Å². The summed E-state index contributed by atoms with van der Waals surface area (Å²) in [4.78, 5) is 1.62. The Kier molecular flexibility index (Phi) is 5.33. The normalized spacial score (nSPS) is 13.5. The van der Waals surface area contributed by atoms with Gasteiger partial charge in [0.2, 0.25) is 10.0 Å². The van der Waals surface area contributed by atoms with Gasteiger partial charge < -0.3 is 4.90 Å². The van der Waals surface area contributed by atoms with Gasteiger partial charge in [-0.2, -0.15) is 11.3 Å². The molecule has 22 heavy (non-hydrogen) atoms. The summed E-state index contributed by atoms with van der Waals surface area (Å²) in [6.07, 6.45) is 0. The van der Waals surface area contributed by atoms with Gasteiger partial charge in [-0.05, 0) is 61.1 Å². The van der Waals surface area contributed by atoms with Crippen LogP contribution in [0, 0.1) is 12.7 Å². The molecule has 0 radical (unpaired) electrons. The number of hydrogen-bond donors (Lipinski definition) is 1. The summed E-state index contributed by atoms with van der Waals surface area (Å²) in [6, 6.07) is 5.91. The Morgan fingerprint density at radius 3 is 2.64 bits per heavy atom. The fourth-order valence-electron chi connectivity index (χ4n) is 2.15. The van der Waals surface area contributed by atoms with Crippen LogP contribution in [0.2, 0.25) is 0 Å². The summed E-state index contributed by atoms with van der Waals surface area (Å²) in [5.41, 5.74) is 1.73. The lowest BCUT2D eigenvalue weighted by Crippen LogP contribution is -2.34. The first-order valence-electron chi connectivity index (χ1n) is 6.75. The number of sulfonamides is 1. The summed E-state index contributed by atoms with van der Waals surface area (Å²) in [5.74, 6) is -0.741. The first-order valence-corrected chi connectivity index (χ1v) is 9.18. The van der Waals surface area contributed by atoms with Crippen LogP contribution in [0.25, 0.3) is 0 Å². The molecule has 2 rings (SSSR count). The van der Waals surface area contributed by atoms with Gasteiger partial charge >= 0.3 is 0 Å². The van der Waals surface area contributed by atoms with Crippen molar-refractivity contribution in [2.24, 2.45) is 0 Å². The van der Waals surface area contributed by atoms with Crippen LogP contribution in [0.5, 0.6) is 0 Å². The van der Waals surface area contributed by atoms with E-state index in [1.165, 1.54) is 12.1 Å². The van der Waals surface area contributed by atoms with E-state index in [4.69, 9.17) is 0 Å². The average Bonchev–Trinajstić information content (AvgIpc) is 2.95. The lowest BCUT2D eigenvalue weighted by atomic mass is 10.1. The minimum atomic E-state index is -3.88. The molecule has 0 amide bonds. The van der Waals surface area contributed by atoms with Gasteiger partial charge in [0.1, 0.15) is 10.7 Å². The number of hydrogen-bond acceptors (Lipinski definition) is 4. The molecule has 1 aromatic heterocycles. The highest BCUT2D eigenvalue weighted by molar-refractivity contribution is 7.89. The second-order valence-corrected chi connectivity index (χ2v) is 7.84. The van der Waals surface area contributed by atoms with E-state index in [1.54, 1.807) is 24.3 Å². The fraction of sp³-hybridized carbons (Fsp3) is 0.333. The Bertz CT molecular complexity index is 728. The number of aryl methyl sites for hydroxylation is 1. The van der Waals surface area contributed by atoms with Crippen molar-refractivity contribution in [3.05, 3.63) is 52.0 Å². The number of nitrogens with one attached hydrogen (secondary N) is 1. The molecule has 1 heterocycles. The lowest BCUT2D eigenvalue weighted by molar-refractivity contribution is 0.300. The van der Waals surface area contributed by atoms with Gasteiger partial charge in [0.25, 0.3) is 0 Å². The minimum Gasteiger partial charge on any atom is -0.301 e. The Morgan fingerprint density at radius 1 is 1.32 bits per heavy atom. The SMILES string of the molecule is Cc1ccc(F)c(S(=O)(=O)NC[C@H](c2ccsc2)N(C)C)c1. The molecule has 2 aromatic rings. The van der Waals surface area contributed by atoms with E-state index in [1.807, 2.05) is 35.8 Å². The van der Waals surface area contributed by atoms with Crippen LogP contribution in [0.3, 0.4) is 0 Å². The van der Waals surface area contributed by atoms with Gasteiger partial charge in [0.05, 0.1) is 0 Å². The summed E-state index contributed by atoms with van der Waals surface area (Å²) in [7, 11) is -0.124. The molecule has 4 nitrogen and oxygen atoms in total. The number of likely N-dealkylation sites (N-methyl/N-ethyl adjacent to an activating group) is 1. The number of nitrogens with zero attached hydrogens (tertiary/aromatic N) is 1. The summed E-state index contributed by atoms with van der Waals surface area (Å²) in [6.45, 7) is 1.91. The standard InChI is InChI=1S/C15H19FN2O2S2/c1-11-4-5-13(16)15(8-11)22(19,20)17-9-14(18(2)3)12-6-7-21-10-12/h4-8,10,14,17H,9H2,1-3H3/t14-/m1/s1. The zero-order valence-corrected chi connectivity index (χ0v) is 14.3. The maximum Gasteiger partial charge on any atom is 0.243 e. The third kappa shape index (κ3) is 3.92. The average molecular weight is 342 g/mol. The van der Waals surface area contributed by atoms with Crippen molar-refractivity contribution in [1.29, 1.82) is 0 Å². The second kappa shape index (κ2) is 6.87. The fourth-order valence-corrected chi connectivity index (χ4v) is 4.05. The molecule has 0 unspecified atom stereocenters. The van der Waals surface area contributed by atoms with E-state index >= 15 is 0 Å². The van der Waals surface area contributed by atoms with Crippen molar-refractivity contribution in [3.63, 3.8) is 0 Å². The maximum atomic E-state index is 13.8. The van der Waals surface area contributed by atoms with Gasteiger partial charge in [0.15, 0.2) is 0 Å². The Balaban J connectivity index is 2.20. The number of thiophene rings is 1. The molecule has 0 bridgehead atoms. The summed E-state index contributed by atoms with van der Waals surface area (Å²) in [5, 5.41) is 3.92. The van der Waals surface area contributed by atoms with E-state index in [9.17, 15) is 12.8 Å². The highest BCUT2D eigenvalue weighted by Crippen LogP contribution is 2.21. The zero-order chi connectivity index (χ0) is 16.3. The van der Waals surface area contributed by atoms with Gasteiger partial charge in [-0.15, -0.1) is 0 Å². The zero-order valence-electron chi connectivity index (χ0n) is 12.7. The van der Waals surface area contributed by atoms with E-state index in [-0.39, 0.29) is 17.5 Å². The predicted octanol–water partition coefficient (Wildman–Crippen LogP) is 2.78. The molecule has 1 N–H and O–H groups in total. The molecule has 0 fully saturated rings. The van der Waals surface area contributed by atoms with Crippen molar-refractivity contribution in [2.75, 3.05) is 20.6 Å². The van der Waals surface area contributed by atoms with E-state index in [2.05, 4.69) is 4.72 Å². The first-order chi connectivity index (χ1) is 10.3. The molecule has 0 spiro atoms. The predicted molar refractivity (Wildman–Crippen MR) is 87.1 cm³/mol. The van der Waals surface area contributed by atoms with Gasteiger partial charge in [-0.1, -0.05) is 6.07 Å². The molecule has 0 aliphatic carbocycles. The molecule has 0 saturated heterocycles. The lowest BCUT2D eigenvalue weighted by Gasteiger charge is -2.24. The summed E-state index contributed by atoms with van der Waals surface area (Å²) < 4.78 is 41.0. The van der Waals surface area contributed by atoms with Crippen LogP contribution in [0.1, 0.15) is 17.2 Å². The smallest absolute Gasteiger partial charge is 0.243 e. The van der Waals surface area contributed by atoms with Crippen molar-refractivity contribution in [3.8, 4) is 0 Å². The molecule has 1 atom stereocenters. The van der Waals surface area contributed by atoms with Gasteiger partial charge in [0, 0.05) is 12.6 Å². The van der Waals surface area contributed by atoms with E-state index in [0.29, 0.717) is 5.56 Å². The highest BCUT2D eigenvalue weighted by atomic mass is 32.2. The van der Waals surface area contributed by atoms with Crippen molar-refractivity contribution >= 4 is 21.4 Å². The minimum absolute atomic E-state index is 0.103. The molecule has 0 saturated carbocycles. The third-order valence-corrected chi connectivity index (χ3v) is 5.53.